The summed E-state index contributed by atoms with van der Waals surface area (Å²) in [7, 11) is 0. The number of aromatic amines is 1. The SMILES string of the molecule is C/C=C(\C)C(=O)O[C@H]1C(C)=C2[C@@H]3OC(=O)[C@](C)(O)[C@]3(O)[C@H](OC(=O)CCCCCCCCCCCNC(=O)[C@H](CC(C)C)NC(=O)[C@H](CCC(N)=O)NC(=O)[C@H](CC(C)C)NC(=O)[C@H](CCCCN)NC(=O)[C@H](CO)NC(=O)[C@H](CO)NC(=O)[C@@H](N)Cc3cnc[nH]3)C[C@@](C)(OC(C)=O)[C@@H]2[C@H]1OC(=O)CCCCCC. The van der Waals surface area contributed by atoms with Gasteiger partial charge in [-0.2, -0.15) is 0 Å². The normalized spacial score (nSPS) is 22.8. The van der Waals surface area contributed by atoms with Crippen LogP contribution in [0, 0.1) is 17.8 Å². The van der Waals surface area contributed by atoms with Gasteiger partial charge in [0, 0.05) is 63.0 Å². The molecule has 1 aliphatic heterocycles. The smallest absolute Gasteiger partial charge is 0.341 e. The summed E-state index contributed by atoms with van der Waals surface area (Å²) in [5, 5.41) is 63.0. The molecule has 2 heterocycles. The molecule has 8 amide bonds. The summed E-state index contributed by atoms with van der Waals surface area (Å²) in [5.41, 5.74) is 11.1. The molecule has 0 bridgehead atoms. The van der Waals surface area contributed by atoms with Crippen LogP contribution in [0.1, 0.15) is 230 Å². The number of H-pyrrole nitrogens is 1. The summed E-state index contributed by atoms with van der Waals surface area (Å²) >= 11 is 0. The Morgan fingerprint density at radius 3 is 1.65 bits per heavy atom. The Labute approximate surface area is 644 Å². The van der Waals surface area contributed by atoms with Gasteiger partial charge in [-0.1, -0.05) is 105 Å². The number of carbonyl (C=O) groups excluding carboxylic acids is 13. The summed E-state index contributed by atoms with van der Waals surface area (Å²) in [6, 6.07) is -9.66. The number of aliphatic hydroxyl groups excluding tert-OH is 2. The predicted molar refractivity (Wildman–Crippen MR) is 400 cm³/mol. The van der Waals surface area contributed by atoms with Crippen LogP contribution in [0.25, 0.3) is 0 Å². The second kappa shape index (κ2) is 45.8. The number of rotatable bonds is 50. The predicted octanol–water partition coefficient (Wildman–Crippen LogP) is 1.43. The molecule has 34 nitrogen and oxygen atoms in total. The summed E-state index contributed by atoms with van der Waals surface area (Å²) < 4.78 is 30.1. The van der Waals surface area contributed by atoms with Crippen LogP contribution < -0.4 is 54.4 Å². The lowest BCUT2D eigenvalue weighted by Gasteiger charge is -2.41. The molecule has 0 spiro atoms. The van der Waals surface area contributed by atoms with Crippen LogP contribution in [-0.4, -0.2) is 217 Å². The number of nitrogens with one attached hydrogen (secondary N) is 8. The van der Waals surface area contributed by atoms with E-state index >= 15 is 0 Å². The molecule has 1 saturated heterocycles. The maximum absolute atomic E-state index is 14.3. The number of amides is 8. The molecular formula is C76H124N12O22. The molecule has 18 N–H and O–H groups in total. The van der Waals surface area contributed by atoms with E-state index in [1.165, 1.54) is 32.4 Å². The van der Waals surface area contributed by atoms with Crippen LogP contribution in [0.15, 0.2) is 35.3 Å². The van der Waals surface area contributed by atoms with Crippen molar-refractivity contribution in [1.29, 1.82) is 0 Å². The Morgan fingerprint density at radius 1 is 0.655 bits per heavy atom. The number of ether oxygens (including phenoxy) is 5. The van der Waals surface area contributed by atoms with Gasteiger partial charge in [-0.05, 0) is 122 Å². The minimum atomic E-state index is -2.70. The number of carbonyl (C=O) groups is 13. The largest absolute Gasteiger partial charge is 0.459 e. The van der Waals surface area contributed by atoms with Crippen molar-refractivity contribution >= 4 is 77.1 Å². The fourth-order valence-corrected chi connectivity index (χ4v) is 14.0. The lowest BCUT2D eigenvalue weighted by molar-refractivity contribution is -0.212. The van der Waals surface area contributed by atoms with Gasteiger partial charge in [0.2, 0.25) is 47.3 Å². The molecule has 3 aliphatic rings. The van der Waals surface area contributed by atoms with Gasteiger partial charge in [0.1, 0.15) is 48.0 Å². The van der Waals surface area contributed by atoms with E-state index in [1.807, 2.05) is 20.8 Å². The molecule has 1 aromatic rings. The number of hydrogen-bond acceptors (Lipinski definition) is 25. The third kappa shape index (κ3) is 27.8. The van der Waals surface area contributed by atoms with E-state index in [0.717, 1.165) is 71.6 Å². The first-order valence-electron chi connectivity index (χ1n) is 38.8. The number of imidazole rings is 1. The fourth-order valence-electron chi connectivity index (χ4n) is 14.0. The average Bonchev–Trinajstić information content (AvgIpc) is 1.52. The highest BCUT2D eigenvalue weighted by molar-refractivity contribution is 5.98. The first-order valence-corrected chi connectivity index (χ1v) is 38.8. The highest BCUT2D eigenvalue weighted by Gasteiger charge is 2.76. The summed E-state index contributed by atoms with van der Waals surface area (Å²) in [5.74, 6) is -12.5. The van der Waals surface area contributed by atoms with Crippen LogP contribution in [-0.2, 0) is 92.4 Å². The van der Waals surface area contributed by atoms with E-state index < -0.39 is 186 Å². The van der Waals surface area contributed by atoms with Crippen molar-refractivity contribution in [2.45, 2.75) is 314 Å². The van der Waals surface area contributed by atoms with Gasteiger partial charge in [-0.3, -0.25) is 52.7 Å². The number of esters is 5. The van der Waals surface area contributed by atoms with E-state index in [2.05, 4.69) is 47.2 Å². The van der Waals surface area contributed by atoms with E-state index in [1.54, 1.807) is 27.7 Å². The van der Waals surface area contributed by atoms with Crippen molar-refractivity contribution in [3.8, 4) is 0 Å². The zero-order chi connectivity index (χ0) is 82.2. The van der Waals surface area contributed by atoms with Gasteiger partial charge < -0.3 is 104 Å². The molecule has 4 rings (SSSR count). The molecule has 1 aromatic heterocycles. The van der Waals surface area contributed by atoms with E-state index in [0.29, 0.717) is 44.2 Å². The lowest BCUT2D eigenvalue weighted by atomic mass is 9.75. The van der Waals surface area contributed by atoms with Crippen LogP contribution in [0.5, 0.6) is 0 Å². The van der Waals surface area contributed by atoms with Crippen LogP contribution >= 0.6 is 0 Å². The first kappa shape index (κ1) is 93.9. The monoisotopic (exact) mass is 1560 g/mol. The number of primary amides is 1. The molecule has 0 unspecified atom stereocenters. The van der Waals surface area contributed by atoms with Crippen molar-refractivity contribution in [2.24, 2.45) is 35.0 Å². The highest BCUT2D eigenvalue weighted by atomic mass is 16.6. The Bertz CT molecular complexity index is 3330. The van der Waals surface area contributed by atoms with Crippen molar-refractivity contribution in [3.63, 3.8) is 0 Å². The van der Waals surface area contributed by atoms with Gasteiger partial charge in [0.25, 0.3) is 0 Å². The molecule has 2 fully saturated rings. The topological polar surface area (TPSA) is 540 Å². The molecule has 1 saturated carbocycles. The van der Waals surface area contributed by atoms with Crippen molar-refractivity contribution in [2.75, 3.05) is 26.3 Å². The standard InChI is InChI=1S/C76H124N12O22/c1-12-14-15-23-30-59(94)107-63-61-60(46(8)62(63)108-72(102)45(7)13-2)64-76(105,75(11,104)73(103)109-64)56(38-74(61,10)110-47(9)91)106-58(93)29-24-21-19-17-16-18-20-22-27-34-81-66(96)52(35-43(3)4)85-68(98)51(31-32-57(79)92)84-69(99)53(36-44(5)6)86-67(97)50(28-25-26-33-77)83-70(100)55(41-90)88-71(101)54(40-89)87-65(95)49(78)37-48-39-80-42-82-48/h13,39,42-44,49-56,61-64,89-90,104-105H,12,14-38,40-41,77-78H2,1-11H3,(H2,79,92)(H,80,82)(H,81,96)(H,83,100)(H,84,99)(H,85,98)(H,86,97)(H,87,95)(H,88,101)/b45-13+/t49-,50-,51-,52-,53-,54-,55-,56+,61-,62-,63+,64-,74+,75-,76-/m0/s1. The molecule has 0 aromatic carbocycles. The van der Waals surface area contributed by atoms with Crippen LogP contribution in [0.2, 0.25) is 0 Å². The van der Waals surface area contributed by atoms with E-state index in [4.69, 9.17) is 40.9 Å². The second-order valence-electron chi connectivity index (χ2n) is 30.3. The number of nitrogens with two attached hydrogens (primary N) is 3. The van der Waals surface area contributed by atoms with Gasteiger partial charge in [-0.25, -0.2) is 14.6 Å². The van der Waals surface area contributed by atoms with Crippen LogP contribution in [0.4, 0.5) is 0 Å². The maximum Gasteiger partial charge on any atom is 0.341 e. The molecule has 620 valence electrons. The van der Waals surface area contributed by atoms with Crippen molar-refractivity contribution in [1.82, 2.24) is 47.2 Å². The number of allylic oxidation sites excluding steroid dienone is 1. The van der Waals surface area contributed by atoms with Crippen LogP contribution in [0.3, 0.4) is 0 Å². The third-order valence-electron chi connectivity index (χ3n) is 20.2. The Hall–Kier alpha value is -8.44. The highest BCUT2D eigenvalue weighted by Crippen LogP contribution is 2.58. The fraction of sp³-hybridized carbons (Fsp3) is 0.737. The number of unbranched alkanes of at least 4 members (excludes halogenated alkanes) is 12. The molecule has 110 heavy (non-hydrogen) atoms. The Balaban J connectivity index is 1.32. The number of aromatic nitrogens is 2. The molecule has 34 heteroatoms. The summed E-state index contributed by atoms with van der Waals surface area (Å²) in [6.07, 6.45) is 7.36. The maximum atomic E-state index is 14.3. The van der Waals surface area contributed by atoms with E-state index in [-0.39, 0.29) is 93.0 Å². The lowest BCUT2D eigenvalue weighted by Crippen LogP contribution is -2.64. The molecule has 2 aliphatic carbocycles. The summed E-state index contributed by atoms with van der Waals surface area (Å²) in [6.45, 7) is 16.3. The Morgan fingerprint density at radius 2 is 1.15 bits per heavy atom. The zero-order valence-corrected chi connectivity index (χ0v) is 65.9. The zero-order valence-electron chi connectivity index (χ0n) is 65.9. The number of nitrogens with zero attached hydrogens (tertiary/aromatic N) is 1. The van der Waals surface area contributed by atoms with Gasteiger partial charge in [-0.15, -0.1) is 0 Å². The quantitative estimate of drug-likeness (QED) is 0.0144. The van der Waals surface area contributed by atoms with Gasteiger partial charge in [0.05, 0.1) is 31.5 Å². The van der Waals surface area contributed by atoms with E-state index in [9.17, 15) is 82.8 Å². The molecular weight excluding hydrogens is 1430 g/mol. The van der Waals surface area contributed by atoms with Crippen molar-refractivity contribution < 1.29 is 106 Å². The Kier molecular flexibility index (Phi) is 39.1. The minimum absolute atomic E-state index is 0.00856. The number of fused-ring (bicyclic) bond motifs is 3. The number of hydrogen-bond donors (Lipinski definition) is 15. The van der Waals surface area contributed by atoms with Crippen molar-refractivity contribution in [3.05, 3.63) is 41.0 Å². The van der Waals surface area contributed by atoms with Gasteiger partial charge >= 0.3 is 29.8 Å². The first-order chi connectivity index (χ1) is 51.9. The molecule has 0 radical (unpaired) electrons. The average molecular weight is 1560 g/mol. The number of aliphatic hydroxyl groups is 4. The minimum Gasteiger partial charge on any atom is -0.459 e. The third-order valence-corrected chi connectivity index (χ3v) is 20.2. The summed E-state index contributed by atoms with van der Waals surface area (Å²) in [4.78, 5) is 183. The second-order valence-corrected chi connectivity index (χ2v) is 30.3. The van der Waals surface area contributed by atoms with Gasteiger partial charge in [0.15, 0.2) is 29.5 Å². The molecule has 15 atom stereocenters.